The molecule has 2 aromatic carbocycles. The summed E-state index contributed by atoms with van der Waals surface area (Å²) in [7, 11) is 0. The zero-order valence-electron chi connectivity index (χ0n) is 10.8. The minimum atomic E-state index is 0.696. The highest BCUT2D eigenvalue weighted by Crippen LogP contribution is 2.26. The molecule has 2 aromatic rings. The van der Waals surface area contributed by atoms with Crippen molar-refractivity contribution in [2.24, 2.45) is 0 Å². The molecule has 0 saturated heterocycles. The second-order valence-corrected chi connectivity index (χ2v) is 5.52. The molecule has 0 aliphatic carbocycles. The van der Waals surface area contributed by atoms with E-state index in [0.29, 0.717) is 12.3 Å². The van der Waals surface area contributed by atoms with Crippen molar-refractivity contribution in [3.05, 3.63) is 46.0 Å². The molecule has 0 aliphatic rings. The summed E-state index contributed by atoms with van der Waals surface area (Å²) in [5.41, 5.74) is 8.57. The Labute approximate surface area is 127 Å². The van der Waals surface area contributed by atoms with Gasteiger partial charge in [-0.25, -0.2) is 0 Å². The molecule has 2 rings (SSSR count). The lowest BCUT2D eigenvalue weighted by molar-refractivity contribution is 0.318. The highest BCUT2D eigenvalue weighted by atomic mass is 127. The summed E-state index contributed by atoms with van der Waals surface area (Å²) < 4.78 is 6.81. The van der Waals surface area contributed by atoms with E-state index in [1.807, 2.05) is 30.3 Å². The maximum atomic E-state index is 5.89. The van der Waals surface area contributed by atoms with Crippen LogP contribution in [-0.4, -0.2) is 6.61 Å². The highest BCUT2D eigenvalue weighted by molar-refractivity contribution is 14.1. The number of anilines is 3. The number of nitrogens with two attached hydrogens (primary N) is 1. The predicted octanol–water partition coefficient (Wildman–Crippen LogP) is 4.41. The molecule has 3 nitrogen and oxygen atoms in total. The van der Waals surface area contributed by atoms with Crippen LogP contribution in [0.3, 0.4) is 0 Å². The Hall–Kier alpha value is -1.43. The Morgan fingerprint density at radius 1 is 1.16 bits per heavy atom. The quantitative estimate of drug-likeness (QED) is 0.607. The van der Waals surface area contributed by atoms with Crippen LogP contribution in [0.4, 0.5) is 17.1 Å². The first kappa shape index (κ1) is 14.0. The van der Waals surface area contributed by atoms with Gasteiger partial charge >= 0.3 is 0 Å². The molecule has 4 heteroatoms. The lowest BCUT2D eigenvalue weighted by Gasteiger charge is -2.11. The largest absolute Gasteiger partial charge is 0.493 e. The van der Waals surface area contributed by atoms with Crippen molar-refractivity contribution in [2.75, 3.05) is 17.7 Å². The summed E-state index contributed by atoms with van der Waals surface area (Å²) in [5.74, 6) is 0.801. The van der Waals surface area contributed by atoms with Crippen LogP contribution < -0.4 is 15.8 Å². The number of nitrogens with one attached hydrogen (secondary N) is 1. The Balaban J connectivity index is 2.17. The van der Waals surface area contributed by atoms with Gasteiger partial charge in [0.2, 0.25) is 0 Å². The van der Waals surface area contributed by atoms with E-state index < -0.39 is 0 Å². The molecular weight excluding hydrogens is 351 g/mol. The van der Waals surface area contributed by atoms with Crippen molar-refractivity contribution in [1.82, 2.24) is 0 Å². The monoisotopic (exact) mass is 368 g/mol. The van der Waals surface area contributed by atoms with Crippen LogP contribution in [0.1, 0.15) is 13.3 Å². The van der Waals surface area contributed by atoms with Crippen LogP contribution in [0, 0.1) is 3.57 Å². The van der Waals surface area contributed by atoms with Crippen LogP contribution in [0.15, 0.2) is 42.5 Å². The van der Waals surface area contributed by atoms with E-state index in [0.717, 1.165) is 23.5 Å². The third-order valence-electron chi connectivity index (χ3n) is 2.52. The number of halogens is 1. The van der Waals surface area contributed by atoms with Crippen LogP contribution in [0.25, 0.3) is 0 Å². The topological polar surface area (TPSA) is 47.3 Å². The average molecular weight is 368 g/mol. The van der Waals surface area contributed by atoms with E-state index in [1.54, 1.807) is 0 Å². The summed E-state index contributed by atoms with van der Waals surface area (Å²) in [4.78, 5) is 0. The normalized spacial score (nSPS) is 10.2. The number of benzene rings is 2. The zero-order chi connectivity index (χ0) is 13.7. The van der Waals surface area contributed by atoms with Gasteiger partial charge in [0.05, 0.1) is 6.61 Å². The molecule has 0 spiro atoms. The van der Waals surface area contributed by atoms with Gasteiger partial charge in [-0.2, -0.15) is 0 Å². The highest BCUT2D eigenvalue weighted by Gasteiger charge is 2.01. The van der Waals surface area contributed by atoms with Crippen LogP contribution >= 0.6 is 22.6 Å². The number of nitrogen functional groups attached to an aromatic ring is 1. The first-order chi connectivity index (χ1) is 9.17. The van der Waals surface area contributed by atoms with E-state index >= 15 is 0 Å². The molecule has 0 amide bonds. The van der Waals surface area contributed by atoms with Gasteiger partial charge in [-0.05, 0) is 53.3 Å². The molecule has 3 N–H and O–H groups in total. The van der Waals surface area contributed by atoms with E-state index in [1.165, 1.54) is 3.57 Å². The van der Waals surface area contributed by atoms with Gasteiger partial charge in [-0.1, -0.05) is 13.0 Å². The molecule has 0 aromatic heterocycles. The van der Waals surface area contributed by atoms with E-state index in [2.05, 4.69) is 47.0 Å². The molecule has 0 aliphatic heterocycles. The number of hydrogen-bond acceptors (Lipinski definition) is 3. The second kappa shape index (κ2) is 6.65. The summed E-state index contributed by atoms with van der Waals surface area (Å²) >= 11 is 2.29. The smallest absolute Gasteiger partial charge is 0.123 e. The second-order valence-electron chi connectivity index (χ2n) is 4.27. The molecular formula is C15H17IN2O. The maximum Gasteiger partial charge on any atom is 0.123 e. The first-order valence-corrected chi connectivity index (χ1v) is 7.31. The van der Waals surface area contributed by atoms with Gasteiger partial charge in [-0.15, -0.1) is 0 Å². The first-order valence-electron chi connectivity index (χ1n) is 6.23. The van der Waals surface area contributed by atoms with Crippen molar-refractivity contribution in [2.45, 2.75) is 13.3 Å². The number of rotatable bonds is 5. The average Bonchev–Trinajstić information content (AvgIpc) is 2.35. The van der Waals surface area contributed by atoms with Gasteiger partial charge in [0.25, 0.3) is 0 Å². The van der Waals surface area contributed by atoms with E-state index in [9.17, 15) is 0 Å². The SMILES string of the molecule is CCCOc1cc(N)cc(Nc2cccc(I)c2)c1. The summed E-state index contributed by atoms with van der Waals surface area (Å²) in [6, 6.07) is 13.9. The lowest BCUT2D eigenvalue weighted by atomic mass is 10.2. The van der Waals surface area contributed by atoms with Crippen LogP contribution in [0.5, 0.6) is 5.75 Å². The van der Waals surface area contributed by atoms with Gasteiger partial charge in [0, 0.05) is 32.8 Å². The molecule has 100 valence electrons. The van der Waals surface area contributed by atoms with Gasteiger partial charge in [-0.3, -0.25) is 0 Å². The minimum Gasteiger partial charge on any atom is -0.493 e. The molecule has 0 bridgehead atoms. The molecule has 0 atom stereocenters. The fourth-order valence-electron chi connectivity index (χ4n) is 1.73. The molecule has 19 heavy (non-hydrogen) atoms. The predicted molar refractivity (Wildman–Crippen MR) is 89.1 cm³/mol. The third kappa shape index (κ3) is 4.31. The fraction of sp³-hybridized carbons (Fsp3) is 0.200. The van der Waals surface area contributed by atoms with Crippen molar-refractivity contribution < 1.29 is 4.74 Å². The van der Waals surface area contributed by atoms with Crippen molar-refractivity contribution in [3.8, 4) is 5.75 Å². The van der Waals surface area contributed by atoms with E-state index in [4.69, 9.17) is 10.5 Å². The van der Waals surface area contributed by atoms with Crippen molar-refractivity contribution in [3.63, 3.8) is 0 Å². The van der Waals surface area contributed by atoms with Crippen LogP contribution in [0.2, 0.25) is 0 Å². The van der Waals surface area contributed by atoms with Gasteiger partial charge in [0.1, 0.15) is 5.75 Å². The Morgan fingerprint density at radius 3 is 2.74 bits per heavy atom. The Kier molecular flexibility index (Phi) is 4.90. The molecule has 0 heterocycles. The fourth-order valence-corrected chi connectivity index (χ4v) is 2.27. The molecule has 0 fully saturated rings. The Morgan fingerprint density at radius 2 is 2.00 bits per heavy atom. The number of ether oxygens (including phenoxy) is 1. The molecule has 0 saturated carbocycles. The minimum absolute atomic E-state index is 0.696. The van der Waals surface area contributed by atoms with Gasteiger partial charge < -0.3 is 15.8 Å². The molecule has 0 unspecified atom stereocenters. The van der Waals surface area contributed by atoms with Gasteiger partial charge in [0.15, 0.2) is 0 Å². The van der Waals surface area contributed by atoms with Crippen molar-refractivity contribution >= 4 is 39.7 Å². The summed E-state index contributed by atoms with van der Waals surface area (Å²) in [6.45, 7) is 2.78. The third-order valence-corrected chi connectivity index (χ3v) is 3.19. The standard InChI is InChI=1S/C15H17IN2O/c1-2-6-19-15-9-12(17)8-14(10-15)18-13-5-3-4-11(16)7-13/h3-5,7-10,18H,2,6,17H2,1H3. The van der Waals surface area contributed by atoms with Crippen LogP contribution in [-0.2, 0) is 0 Å². The Bertz CT molecular complexity index is 558. The van der Waals surface area contributed by atoms with E-state index in [-0.39, 0.29) is 0 Å². The number of hydrogen-bond donors (Lipinski definition) is 2. The maximum absolute atomic E-state index is 5.89. The summed E-state index contributed by atoms with van der Waals surface area (Å²) in [5, 5.41) is 3.34. The lowest BCUT2D eigenvalue weighted by Crippen LogP contribution is -1.98. The zero-order valence-corrected chi connectivity index (χ0v) is 13.0. The summed E-state index contributed by atoms with van der Waals surface area (Å²) in [6.07, 6.45) is 0.981. The molecule has 0 radical (unpaired) electrons. The van der Waals surface area contributed by atoms with Crippen molar-refractivity contribution in [1.29, 1.82) is 0 Å².